The van der Waals surface area contributed by atoms with Gasteiger partial charge in [0.25, 0.3) is 0 Å². The van der Waals surface area contributed by atoms with Crippen LogP contribution in [0.1, 0.15) is 17.0 Å². The Morgan fingerprint density at radius 2 is 1.64 bits per heavy atom. The van der Waals surface area contributed by atoms with Crippen molar-refractivity contribution in [2.75, 3.05) is 0 Å². The molecule has 5 heteroatoms. The number of benzene rings is 2. The van der Waals surface area contributed by atoms with Crippen molar-refractivity contribution >= 4 is 9.84 Å². The van der Waals surface area contributed by atoms with Crippen LogP contribution in [0.2, 0.25) is 0 Å². The van der Waals surface area contributed by atoms with E-state index in [1.807, 2.05) is 6.92 Å². The standard InChI is InChI=1S/C17H14FNO2S/c1-11-2-8-14(9-3-11)22(20,21)17-15(10-19)16(17)12-4-6-13(18)7-5-12/h2-9,15-17H,1H3/t15-,16+,17+/m0/s1. The number of hydrogen-bond acceptors (Lipinski definition) is 3. The van der Waals surface area contributed by atoms with Crippen molar-refractivity contribution < 1.29 is 12.8 Å². The molecular weight excluding hydrogens is 301 g/mol. The number of aryl methyl sites for hydroxylation is 1. The van der Waals surface area contributed by atoms with E-state index in [0.29, 0.717) is 5.56 Å². The third kappa shape index (κ3) is 2.40. The second-order valence-corrected chi connectivity index (χ2v) is 7.66. The largest absolute Gasteiger partial charge is 0.223 e. The van der Waals surface area contributed by atoms with Crippen molar-refractivity contribution in [3.05, 3.63) is 65.5 Å². The summed E-state index contributed by atoms with van der Waals surface area (Å²) in [5.41, 5.74) is 1.66. The second-order valence-electron chi connectivity index (χ2n) is 5.55. The monoisotopic (exact) mass is 315 g/mol. The summed E-state index contributed by atoms with van der Waals surface area (Å²) in [7, 11) is -3.57. The predicted octanol–water partition coefficient (Wildman–Crippen LogP) is 3.21. The number of nitrogens with zero attached hydrogens (tertiary/aromatic N) is 1. The van der Waals surface area contributed by atoms with E-state index >= 15 is 0 Å². The van der Waals surface area contributed by atoms with Crippen molar-refractivity contribution in [2.45, 2.75) is 23.0 Å². The topological polar surface area (TPSA) is 57.9 Å². The molecule has 1 saturated carbocycles. The molecule has 22 heavy (non-hydrogen) atoms. The van der Waals surface area contributed by atoms with Crippen LogP contribution in [0, 0.1) is 30.0 Å². The fourth-order valence-corrected chi connectivity index (χ4v) is 4.86. The fourth-order valence-electron chi connectivity index (χ4n) is 2.79. The summed E-state index contributed by atoms with van der Waals surface area (Å²) in [6.45, 7) is 1.88. The first kappa shape index (κ1) is 14.7. The van der Waals surface area contributed by atoms with Crippen molar-refractivity contribution in [1.82, 2.24) is 0 Å². The Morgan fingerprint density at radius 1 is 1.05 bits per heavy atom. The number of nitriles is 1. The van der Waals surface area contributed by atoms with Gasteiger partial charge in [-0.1, -0.05) is 29.8 Å². The van der Waals surface area contributed by atoms with Gasteiger partial charge >= 0.3 is 0 Å². The summed E-state index contributed by atoms with van der Waals surface area (Å²) in [6, 6.07) is 14.4. The van der Waals surface area contributed by atoms with E-state index in [9.17, 15) is 18.1 Å². The van der Waals surface area contributed by atoms with Gasteiger partial charge in [-0.05, 0) is 36.8 Å². The van der Waals surface area contributed by atoms with Gasteiger partial charge in [-0.2, -0.15) is 5.26 Å². The summed E-state index contributed by atoms with van der Waals surface area (Å²) in [5.74, 6) is -1.36. The van der Waals surface area contributed by atoms with Crippen LogP contribution in [-0.2, 0) is 9.84 Å². The maximum Gasteiger partial charge on any atom is 0.183 e. The van der Waals surface area contributed by atoms with Gasteiger partial charge in [0.1, 0.15) is 5.82 Å². The predicted molar refractivity (Wildman–Crippen MR) is 80.4 cm³/mol. The van der Waals surface area contributed by atoms with Gasteiger partial charge in [-0.15, -0.1) is 0 Å². The highest BCUT2D eigenvalue weighted by atomic mass is 32.2. The van der Waals surface area contributed by atoms with Crippen LogP contribution in [0.15, 0.2) is 53.4 Å². The normalized spacial score (nSPS) is 23.8. The summed E-state index contributed by atoms with van der Waals surface area (Å²) < 4.78 is 38.4. The Kier molecular flexibility index (Phi) is 3.50. The summed E-state index contributed by atoms with van der Waals surface area (Å²) >= 11 is 0. The zero-order valence-corrected chi connectivity index (χ0v) is 12.7. The van der Waals surface area contributed by atoms with Crippen LogP contribution in [-0.4, -0.2) is 13.7 Å². The highest BCUT2D eigenvalue weighted by Crippen LogP contribution is 2.53. The molecule has 0 bridgehead atoms. The van der Waals surface area contributed by atoms with Crippen LogP contribution >= 0.6 is 0 Å². The lowest BCUT2D eigenvalue weighted by Gasteiger charge is -2.04. The molecule has 3 rings (SSSR count). The highest BCUT2D eigenvalue weighted by molar-refractivity contribution is 7.92. The molecule has 0 aliphatic heterocycles. The maximum absolute atomic E-state index is 13.0. The molecule has 0 aromatic heterocycles. The second kappa shape index (κ2) is 5.22. The first-order chi connectivity index (χ1) is 10.4. The van der Waals surface area contributed by atoms with Crippen molar-refractivity contribution in [3.63, 3.8) is 0 Å². The summed E-state index contributed by atoms with van der Waals surface area (Å²) in [6.07, 6.45) is 0. The molecule has 0 spiro atoms. The number of sulfone groups is 1. The van der Waals surface area contributed by atoms with E-state index in [1.165, 1.54) is 12.1 Å². The number of hydrogen-bond donors (Lipinski definition) is 0. The Bertz CT molecular complexity index is 836. The van der Waals surface area contributed by atoms with Gasteiger partial charge in [0, 0.05) is 5.92 Å². The van der Waals surface area contributed by atoms with E-state index in [-0.39, 0.29) is 10.7 Å². The van der Waals surface area contributed by atoms with Gasteiger partial charge in [0.2, 0.25) is 0 Å². The van der Waals surface area contributed by atoms with E-state index in [0.717, 1.165) is 5.56 Å². The molecular formula is C17H14FNO2S. The van der Waals surface area contributed by atoms with Crippen LogP contribution in [0.5, 0.6) is 0 Å². The molecule has 1 fully saturated rings. The average Bonchev–Trinajstić information content (AvgIpc) is 3.24. The van der Waals surface area contributed by atoms with Gasteiger partial charge < -0.3 is 0 Å². The van der Waals surface area contributed by atoms with E-state index < -0.39 is 26.9 Å². The zero-order valence-electron chi connectivity index (χ0n) is 11.9. The minimum absolute atomic E-state index is 0.230. The number of halogens is 1. The molecule has 3 nitrogen and oxygen atoms in total. The van der Waals surface area contributed by atoms with Crippen molar-refractivity contribution in [3.8, 4) is 6.07 Å². The summed E-state index contributed by atoms with van der Waals surface area (Å²) in [4.78, 5) is 0.230. The van der Waals surface area contributed by atoms with Gasteiger partial charge in [0.05, 0.1) is 22.1 Å². The van der Waals surface area contributed by atoms with E-state index in [4.69, 9.17) is 0 Å². The summed E-state index contributed by atoms with van der Waals surface area (Å²) in [5, 5.41) is 8.47. The first-order valence-electron chi connectivity index (χ1n) is 6.91. The van der Waals surface area contributed by atoms with Crippen molar-refractivity contribution in [2.24, 2.45) is 5.92 Å². The van der Waals surface area contributed by atoms with Crippen LogP contribution in [0.25, 0.3) is 0 Å². The Balaban J connectivity index is 1.95. The average molecular weight is 315 g/mol. The van der Waals surface area contributed by atoms with E-state index in [2.05, 4.69) is 6.07 Å². The van der Waals surface area contributed by atoms with Gasteiger partial charge in [0.15, 0.2) is 9.84 Å². The Labute approximate surface area is 128 Å². The lowest BCUT2D eigenvalue weighted by molar-refractivity contribution is 0.593. The molecule has 112 valence electrons. The van der Waals surface area contributed by atoms with E-state index in [1.54, 1.807) is 36.4 Å². The molecule has 2 aromatic rings. The Morgan fingerprint density at radius 3 is 2.18 bits per heavy atom. The first-order valence-corrected chi connectivity index (χ1v) is 8.45. The lowest BCUT2D eigenvalue weighted by atomic mass is 10.1. The molecule has 0 amide bonds. The third-order valence-corrected chi connectivity index (χ3v) is 6.30. The molecule has 0 heterocycles. The molecule has 2 aromatic carbocycles. The third-order valence-electron chi connectivity index (χ3n) is 4.07. The minimum Gasteiger partial charge on any atom is -0.223 e. The van der Waals surface area contributed by atoms with Gasteiger partial charge in [-0.25, -0.2) is 12.8 Å². The highest BCUT2D eigenvalue weighted by Gasteiger charge is 2.59. The van der Waals surface area contributed by atoms with Crippen LogP contribution < -0.4 is 0 Å². The molecule has 0 radical (unpaired) electrons. The van der Waals surface area contributed by atoms with Crippen molar-refractivity contribution in [1.29, 1.82) is 5.26 Å². The molecule has 0 N–H and O–H groups in total. The lowest BCUT2D eigenvalue weighted by Crippen LogP contribution is -2.10. The fraction of sp³-hybridized carbons (Fsp3) is 0.235. The van der Waals surface area contributed by atoms with Crippen LogP contribution in [0.3, 0.4) is 0 Å². The molecule has 1 aliphatic rings. The number of rotatable bonds is 3. The molecule has 3 atom stereocenters. The Hall–Kier alpha value is -2.19. The minimum atomic E-state index is -3.57. The smallest absolute Gasteiger partial charge is 0.183 e. The van der Waals surface area contributed by atoms with Crippen LogP contribution in [0.4, 0.5) is 4.39 Å². The van der Waals surface area contributed by atoms with Gasteiger partial charge in [-0.3, -0.25) is 0 Å². The molecule has 0 saturated heterocycles. The molecule has 0 unspecified atom stereocenters. The maximum atomic E-state index is 13.0. The molecule has 1 aliphatic carbocycles. The quantitative estimate of drug-likeness (QED) is 0.874. The SMILES string of the molecule is Cc1ccc(S(=O)(=O)[C@@H]2[C@@H](C#N)[C@H]2c2ccc(F)cc2)cc1. The zero-order chi connectivity index (χ0) is 15.9.